The molecule has 0 saturated heterocycles. The van der Waals surface area contributed by atoms with Crippen LogP contribution in [0.2, 0.25) is 5.02 Å². The molecule has 4 rings (SSSR count). The Balaban J connectivity index is 1.78. The number of carboxylic acid groups (broad SMARTS) is 1. The van der Waals surface area contributed by atoms with Crippen LogP contribution in [0.4, 0.5) is 14.5 Å². The minimum Gasteiger partial charge on any atom is -0.494 e. The summed E-state index contributed by atoms with van der Waals surface area (Å²) in [6.45, 7) is 4.82. The summed E-state index contributed by atoms with van der Waals surface area (Å²) in [5.41, 5.74) is 0.862. The summed E-state index contributed by atoms with van der Waals surface area (Å²) in [6.07, 6.45) is 0.667. The second kappa shape index (κ2) is 11.2. The van der Waals surface area contributed by atoms with Gasteiger partial charge >= 0.3 is 5.97 Å². The predicted molar refractivity (Wildman–Crippen MR) is 148 cm³/mol. The van der Waals surface area contributed by atoms with Gasteiger partial charge in [0.15, 0.2) is 11.6 Å². The van der Waals surface area contributed by atoms with Gasteiger partial charge in [0.05, 0.1) is 28.1 Å². The summed E-state index contributed by atoms with van der Waals surface area (Å²) in [4.78, 5) is 11.7. The molecule has 3 aromatic rings. The molecule has 1 unspecified atom stereocenters. The van der Waals surface area contributed by atoms with E-state index in [-0.39, 0.29) is 46.7 Å². The Bertz CT molecular complexity index is 1540. The van der Waals surface area contributed by atoms with Gasteiger partial charge in [-0.25, -0.2) is 17.2 Å². The lowest BCUT2D eigenvalue weighted by molar-refractivity contribution is -0.147. The Morgan fingerprint density at radius 3 is 2.52 bits per heavy atom. The third kappa shape index (κ3) is 5.88. The van der Waals surface area contributed by atoms with Gasteiger partial charge in [-0.3, -0.25) is 9.10 Å². The van der Waals surface area contributed by atoms with Crippen LogP contribution >= 0.6 is 11.6 Å². The van der Waals surface area contributed by atoms with Gasteiger partial charge in [0.1, 0.15) is 18.2 Å². The van der Waals surface area contributed by atoms with Gasteiger partial charge < -0.3 is 14.6 Å². The molecule has 0 aromatic heterocycles. The smallest absolute Gasteiger partial charge is 0.309 e. The van der Waals surface area contributed by atoms with E-state index in [0.717, 1.165) is 23.8 Å². The fraction of sp³-hybridized carbons (Fsp3) is 0.345. The maximum absolute atomic E-state index is 14.3. The van der Waals surface area contributed by atoms with Gasteiger partial charge in [-0.2, -0.15) is 0 Å². The van der Waals surface area contributed by atoms with E-state index in [1.165, 1.54) is 23.5 Å². The number of nitrogens with zero attached hydrogens (tertiary/aromatic N) is 1. The third-order valence-electron chi connectivity index (χ3n) is 7.14. The number of halogens is 3. The number of anilines is 1. The van der Waals surface area contributed by atoms with Crippen LogP contribution in [0.15, 0.2) is 53.4 Å². The summed E-state index contributed by atoms with van der Waals surface area (Å²) in [6, 6.07) is 10.9. The number of rotatable bonds is 9. The number of carbonyl (C=O) groups is 1. The number of hydrogen-bond acceptors (Lipinski definition) is 5. The molecule has 0 saturated carbocycles. The van der Waals surface area contributed by atoms with Crippen molar-refractivity contribution in [3.05, 3.63) is 81.9 Å². The summed E-state index contributed by atoms with van der Waals surface area (Å²) >= 11 is 6.13. The minimum atomic E-state index is -4.25. The average Bonchev–Trinajstić information content (AvgIpc) is 2.88. The molecule has 0 aliphatic carbocycles. The molecule has 214 valence electrons. The third-order valence-corrected chi connectivity index (χ3v) is 9.27. The first-order valence-electron chi connectivity index (χ1n) is 12.5. The van der Waals surface area contributed by atoms with E-state index in [0.29, 0.717) is 23.4 Å². The summed E-state index contributed by atoms with van der Waals surface area (Å²) in [5, 5.41) is 9.91. The number of carboxylic acids is 1. The molecule has 1 heterocycles. The molecule has 3 aromatic carbocycles. The highest BCUT2D eigenvalue weighted by molar-refractivity contribution is 7.92. The fourth-order valence-corrected chi connectivity index (χ4v) is 6.75. The van der Waals surface area contributed by atoms with E-state index in [1.807, 2.05) is 0 Å². The number of hydrogen-bond donors (Lipinski definition) is 1. The van der Waals surface area contributed by atoms with Crippen LogP contribution in [-0.4, -0.2) is 33.1 Å². The number of aliphatic carboxylic acids is 1. The molecule has 11 heteroatoms. The standard InChI is InChI=1S/C29H30ClF2NO6S/c1-17-10-19(39-16-22-23(30)6-5-7-24(22)31)12-26-21(17)11-18(14-29(2,3)28(34)35)15-33(26)40(36,37)20-8-9-25(32)27(13-20)38-4/h5-10,12-13,18H,11,14-16H2,1-4H3,(H,34,35). The zero-order valence-electron chi connectivity index (χ0n) is 22.5. The Morgan fingerprint density at radius 1 is 1.15 bits per heavy atom. The van der Waals surface area contributed by atoms with Crippen molar-refractivity contribution in [3.8, 4) is 11.5 Å². The average molecular weight is 594 g/mol. The maximum Gasteiger partial charge on any atom is 0.309 e. The highest BCUT2D eigenvalue weighted by atomic mass is 35.5. The molecule has 0 fully saturated rings. The SMILES string of the molecule is COc1cc(S(=O)(=O)N2CC(CC(C)(C)C(=O)O)Cc3c(C)cc(OCc4c(F)cccc4Cl)cc32)ccc1F. The Hall–Kier alpha value is -3.37. The van der Waals surface area contributed by atoms with E-state index < -0.39 is 33.0 Å². The van der Waals surface area contributed by atoms with Crippen LogP contribution in [0.25, 0.3) is 0 Å². The van der Waals surface area contributed by atoms with Crippen LogP contribution in [0.3, 0.4) is 0 Å². The summed E-state index contributed by atoms with van der Waals surface area (Å²) in [5.74, 6) is -2.46. The van der Waals surface area contributed by atoms with Crippen molar-refractivity contribution in [2.24, 2.45) is 11.3 Å². The van der Waals surface area contributed by atoms with Crippen LogP contribution in [0, 0.1) is 29.9 Å². The molecule has 0 amide bonds. The molecule has 1 aliphatic heterocycles. The lowest BCUT2D eigenvalue weighted by atomic mass is 9.78. The van der Waals surface area contributed by atoms with E-state index in [9.17, 15) is 27.1 Å². The predicted octanol–water partition coefficient (Wildman–Crippen LogP) is 6.38. The van der Waals surface area contributed by atoms with Gasteiger partial charge in [-0.1, -0.05) is 17.7 Å². The Morgan fingerprint density at radius 2 is 1.88 bits per heavy atom. The number of methoxy groups -OCH3 is 1. The highest BCUT2D eigenvalue weighted by Crippen LogP contribution is 2.42. The monoisotopic (exact) mass is 593 g/mol. The van der Waals surface area contributed by atoms with E-state index in [4.69, 9.17) is 21.1 Å². The fourth-order valence-electron chi connectivity index (χ4n) is 4.95. The molecule has 7 nitrogen and oxygen atoms in total. The van der Waals surface area contributed by atoms with Crippen molar-refractivity contribution in [1.82, 2.24) is 0 Å². The molecule has 0 radical (unpaired) electrons. The number of fused-ring (bicyclic) bond motifs is 1. The molecule has 0 bridgehead atoms. The van der Waals surface area contributed by atoms with Gasteiger partial charge in [0, 0.05) is 24.2 Å². The molecule has 1 N–H and O–H groups in total. The highest BCUT2D eigenvalue weighted by Gasteiger charge is 2.39. The van der Waals surface area contributed by atoms with Crippen molar-refractivity contribution in [2.75, 3.05) is 18.0 Å². The quantitative estimate of drug-likeness (QED) is 0.309. The van der Waals surface area contributed by atoms with Crippen molar-refractivity contribution in [2.45, 2.75) is 45.1 Å². The summed E-state index contributed by atoms with van der Waals surface area (Å²) < 4.78 is 68.5. The van der Waals surface area contributed by atoms with Gasteiger partial charge in [0.25, 0.3) is 10.0 Å². The number of sulfonamides is 1. The Kier molecular flexibility index (Phi) is 8.33. The van der Waals surface area contributed by atoms with Crippen LogP contribution < -0.4 is 13.8 Å². The molecular formula is C29H30ClF2NO6S. The summed E-state index contributed by atoms with van der Waals surface area (Å²) in [7, 11) is -3.01. The molecule has 40 heavy (non-hydrogen) atoms. The zero-order valence-corrected chi connectivity index (χ0v) is 24.1. The van der Waals surface area contributed by atoms with E-state index in [1.54, 1.807) is 39.0 Å². The van der Waals surface area contributed by atoms with E-state index in [2.05, 4.69) is 0 Å². The largest absolute Gasteiger partial charge is 0.494 e. The molecule has 0 spiro atoms. The first-order valence-corrected chi connectivity index (χ1v) is 14.3. The lowest BCUT2D eigenvalue weighted by Gasteiger charge is -2.38. The Labute approximate surface area is 237 Å². The topological polar surface area (TPSA) is 93.1 Å². The van der Waals surface area contributed by atoms with Gasteiger partial charge in [-0.05, 0) is 81.0 Å². The maximum atomic E-state index is 14.3. The minimum absolute atomic E-state index is 0.00618. The van der Waals surface area contributed by atoms with Crippen LogP contribution in [0.5, 0.6) is 11.5 Å². The second-order valence-corrected chi connectivity index (χ2v) is 12.8. The first-order chi connectivity index (χ1) is 18.7. The first kappa shape index (κ1) is 29.6. The molecule has 1 aliphatic rings. The second-order valence-electron chi connectivity index (χ2n) is 10.5. The van der Waals surface area contributed by atoms with Crippen molar-refractivity contribution < 1.29 is 36.6 Å². The number of benzene rings is 3. The lowest BCUT2D eigenvalue weighted by Crippen LogP contribution is -2.42. The van der Waals surface area contributed by atoms with Gasteiger partial charge in [-0.15, -0.1) is 0 Å². The van der Waals surface area contributed by atoms with Crippen molar-refractivity contribution in [1.29, 1.82) is 0 Å². The van der Waals surface area contributed by atoms with Crippen molar-refractivity contribution in [3.63, 3.8) is 0 Å². The number of ether oxygens (including phenoxy) is 2. The van der Waals surface area contributed by atoms with Crippen molar-refractivity contribution >= 4 is 33.3 Å². The zero-order chi connectivity index (χ0) is 29.4. The normalized spacial score (nSPS) is 15.5. The molecular weight excluding hydrogens is 564 g/mol. The van der Waals surface area contributed by atoms with E-state index >= 15 is 0 Å². The van der Waals surface area contributed by atoms with Crippen LogP contribution in [-0.2, 0) is 27.8 Å². The molecule has 1 atom stereocenters. The number of aryl methyl sites for hydroxylation is 1. The van der Waals surface area contributed by atoms with Gasteiger partial charge in [0.2, 0.25) is 0 Å². The van der Waals surface area contributed by atoms with Crippen LogP contribution in [0.1, 0.15) is 37.0 Å².